The number of nitrogens with zero attached hydrogens (tertiary/aromatic N) is 1. The van der Waals surface area contributed by atoms with Crippen molar-refractivity contribution in [1.82, 2.24) is 15.5 Å². The quantitative estimate of drug-likeness (QED) is 0.508. The van der Waals surface area contributed by atoms with Crippen molar-refractivity contribution in [3.63, 3.8) is 0 Å². The molecule has 3 amide bonds. The summed E-state index contributed by atoms with van der Waals surface area (Å²) in [5, 5.41) is 15.4. The van der Waals surface area contributed by atoms with E-state index in [1.807, 2.05) is 12.1 Å². The Balaban J connectivity index is 2.34. The van der Waals surface area contributed by atoms with Crippen LogP contribution in [0.1, 0.15) is 77.0 Å². The van der Waals surface area contributed by atoms with Crippen LogP contribution in [0.25, 0.3) is 6.08 Å². The number of nitrogens with one attached hydrogen (secondary N) is 2. The number of alkyl carbamates (subject to hydrolysis) is 1. The molecule has 0 heterocycles. The maximum absolute atomic E-state index is 13.5. The zero-order valence-electron chi connectivity index (χ0n) is 20.8. The third-order valence-electron chi connectivity index (χ3n) is 5.70. The van der Waals surface area contributed by atoms with E-state index in [1.165, 1.54) is 11.8 Å². The summed E-state index contributed by atoms with van der Waals surface area (Å²) in [6.45, 7) is 10.1. The van der Waals surface area contributed by atoms with Gasteiger partial charge in [0.05, 0.1) is 6.61 Å². The third kappa shape index (κ3) is 8.17. The van der Waals surface area contributed by atoms with Crippen LogP contribution in [0.5, 0.6) is 0 Å². The summed E-state index contributed by atoms with van der Waals surface area (Å²) in [6, 6.07) is 5.37. The number of aliphatic hydroxyl groups excluding tert-OH is 1. The van der Waals surface area contributed by atoms with Gasteiger partial charge in [-0.15, -0.1) is 0 Å². The molecular weight excluding hydrogens is 434 g/mol. The van der Waals surface area contributed by atoms with Gasteiger partial charge in [-0.1, -0.05) is 50.1 Å². The Morgan fingerprint density at radius 3 is 2.50 bits per heavy atom. The summed E-state index contributed by atoms with van der Waals surface area (Å²) in [5.41, 5.74) is 0.701. The van der Waals surface area contributed by atoms with Gasteiger partial charge in [0.2, 0.25) is 11.8 Å². The molecule has 8 heteroatoms. The summed E-state index contributed by atoms with van der Waals surface area (Å²) in [7, 11) is 0. The van der Waals surface area contributed by atoms with Crippen molar-refractivity contribution >= 4 is 24.0 Å². The van der Waals surface area contributed by atoms with Gasteiger partial charge in [-0.25, -0.2) is 4.79 Å². The first-order chi connectivity index (χ1) is 16.1. The van der Waals surface area contributed by atoms with Gasteiger partial charge < -0.3 is 25.4 Å². The molecule has 0 saturated heterocycles. The molecule has 188 valence electrons. The molecule has 1 aliphatic rings. The van der Waals surface area contributed by atoms with Crippen molar-refractivity contribution in [2.75, 3.05) is 13.2 Å². The number of benzene rings is 1. The highest BCUT2D eigenvalue weighted by atomic mass is 16.6. The molecule has 0 aliphatic heterocycles. The molecule has 2 rings (SSSR count). The van der Waals surface area contributed by atoms with Gasteiger partial charge in [-0.05, 0) is 57.7 Å². The SMILES string of the molecule is C=Cc1cccc(C(C(=O)NC2CCCCC2)N(CCO)C(=O)C(C)NC(=O)OC(C)(C)C)c1. The van der Waals surface area contributed by atoms with Crippen LogP contribution in [0, 0.1) is 0 Å². The van der Waals surface area contributed by atoms with E-state index < -0.39 is 29.7 Å². The molecule has 8 nitrogen and oxygen atoms in total. The highest BCUT2D eigenvalue weighted by Crippen LogP contribution is 2.25. The van der Waals surface area contributed by atoms with E-state index in [-0.39, 0.29) is 25.1 Å². The van der Waals surface area contributed by atoms with Crippen LogP contribution in [0.3, 0.4) is 0 Å². The lowest BCUT2D eigenvalue weighted by atomic mass is 9.94. The first kappa shape index (κ1) is 27.4. The molecule has 34 heavy (non-hydrogen) atoms. The van der Waals surface area contributed by atoms with E-state index >= 15 is 0 Å². The van der Waals surface area contributed by atoms with Gasteiger partial charge in [0, 0.05) is 12.6 Å². The van der Waals surface area contributed by atoms with E-state index in [9.17, 15) is 19.5 Å². The predicted molar refractivity (Wildman–Crippen MR) is 132 cm³/mol. The van der Waals surface area contributed by atoms with Crippen LogP contribution in [0.4, 0.5) is 4.79 Å². The van der Waals surface area contributed by atoms with E-state index in [1.54, 1.807) is 39.0 Å². The minimum Gasteiger partial charge on any atom is -0.444 e. The van der Waals surface area contributed by atoms with Crippen molar-refractivity contribution in [2.45, 2.75) is 83.5 Å². The Hall–Kier alpha value is -2.87. The fraction of sp³-hybridized carbons (Fsp3) is 0.577. The molecule has 1 aromatic rings. The highest BCUT2D eigenvalue weighted by Gasteiger charge is 2.35. The van der Waals surface area contributed by atoms with Crippen molar-refractivity contribution in [3.05, 3.63) is 42.0 Å². The van der Waals surface area contributed by atoms with Crippen LogP contribution in [-0.2, 0) is 14.3 Å². The van der Waals surface area contributed by atoms with E-state index in [0.29, 0.717) is 5.56 Å². The summed E-state index contributed by atoms with van der Waals surface area (Å²) >= 11 is 0. The summed E-state index contributed by atoms with van der Waals surface area (Å²) in [4.78, 5) is 40.5. The maximum atomic E-state index is 13.5. The minimum absolute atomic E-state index is 0.0507. The van der Waals surface area contributed by atoms with E-state index in [0.717, 1.165) is 37.7 Å². The Morgan fingerprint density at radius 1 is 1.24 bits per heavy atom. The summed E-state index contributed by atoms with van der Waals surface area (Å²) in [6.07, 6.45) is 6.00. The average molecular weight is 474 g/mol. The topological polar surface area (TPSA) is 108 Å². The van der Waals surface area contributed by atoms with E-state index in [2.05, 4.69) is 17.2 Å². The van der Waals surface area contributed by atoms with Crippen LogP contribution >= 0.6 is 0 Å². The Bertz CT molecular complexity index is 858. The van der Waals surface area contributed by atoms with Gasteiger partial charge >= 0.3 is 6.09 Å². The molecular formula is C26H39N3O5. The maximum Gasteiger partial charge on any atom is 0.408 e. The second kappa shape index (κ2) is 12.6. The van der Waals surface area contributed by atoms with Gasteiger partial charge in [0.15, 0.2) is 0 Å². The number of carbonyl (C=O) groups is 3. The van der Waals surface area contributed by atoms with Crippen molar-refractivity contribution in [3.8, 4) is 0 Å². The lowest BCUT2D eigenvalue weighted by Gasteiger charge is -2.34. The van der Waals surface area contributed by atoms with Crippen molar-refractivity contribution in [1.29, 1.82) is 0 Å². The molecule has 0 spiro atoms. The zero-order chi connectivity index (χ0) is 25.3. The summed E-state index contributed by atoms with van der Waals surface area (Å²) in [5.74, 6) is -0.799. The number of aliphatic hydroxyl groups is 1. The smallest absolute Gasteiger partial charge is 0.408 e. The lowest BCUT2D eigenvalue weighted by molar-refractivity contribution is -0.143. The second-order valence-electron chi connectivity index (χ2n) is 9.74. The molecule has 1 fully saturated rings. The predicted octanol–water partition coefficient (Wildman–Crippen LogP) is 3.55. The molecule has 1 aromatic carbocycles. The second-order valence-corrected chi connectivity index (χ2v) is 9.74. The molecule has 0 bridgehead atoms. The monoisotopic (exact) mass is 473 g/mol. The average Bonchev–Trinajstić information content (AvgIpc) is 2.77. The number of carbonyl (C=O) groups excluding carboxylic acids is 3. The van der Waals surface area contributed by atoms with Crippen LogP contribution in [0.2, 0.25) is 0 Å². The fourth-order valence-corrected chi connectivity index (χ4v) is 4.13. The lowest BCUT2D eigenvalue weighted by Crippen LogP contribution is -2.53. The fourth-order valence-electron chi connectivity index (χ4n) is 4.13. The summed E-state index contributed by atoms with van der Waals surface area (Å²) < 4.78 is 5.26. The molecule has 0 aromatic heterocycles. The Kier molecular flexibility index (Phi) is 10.1. The number of amides is 3. The molecule has 2 atom stereocenters. The van der Waals surface area contributed by atoms with Gasteiger partial charge in [-0.2, -0.15) is 0 Å². The normalized spacial score (nSPS) is 16.1. The van der Waals surface area contributed by atoms with Crippen molar-refractivity contribution in [2.24, 2.45) is 0 Å². The van der Waals surface area contributed by atoms with Crippen molar-refractivity contribution < 1.29 is 24.2 Å². The van der Waals surface area contributed by atoms with Crippen LogP contribution in [-0.4, -0.2) is 58.8 Å². The zero-order valence-corrected chi connectivity index (χ0v) is 20.8. The first-order valence-corrected chi connectivity index (χ1v) is 12.0. The highest BCUT2D eigenvalue weighted by molar-refractivity contribution is 5.92. The number of ether oxygens (including phenoxy) is 1. The van der Waals surface area contributed by atoms with Crippen LogP contribution in [0.15, 0.2) is 30.8 Å². The van der Waals surface area contributed by atoms with Crippen LogP contribution < -0.4 is 10.6 Å². The van der Waals surface area contributed by atoms with E-state index in [4.69, 9.17) is 4.74 Å². The Morgan fingerprint density at radius 2 is 1.91 bits per heavy atom. The molecule has 3 N–H and O–H groups in total. The third-order valence-corrected chi connectivity index (χ3v) is 5.70. The van der Waals surface area contributed by atoms with Gasteiger partial charge in [-0.3, -0.25) is 9.59 Å². The molecule has 2 unspecified atom stereocenters. The van der Waals surface area contributed by atoms with Gasteiger partial charge in [0.25, 0.3) is 0 Å². The standard InChI is InChI=1S/C26H39N3O5/c1-6-19-11-10-12-20(17-19)22(23(31)28-21-13-8-7-9-14-21)29(15-16-30)24(32)18(2)27-25(33)34-26(3,4)5/h6,10-12,17-18,21-22,30H,1,7-9,13-16H2,2-5H3,(H,27,33)(H,28,31). The first-order valence-electron chi connectivity index (χ1n) is 12.0. The number of rotatable bonds is 9. The number of hydrogen-bond donors (Lipinski definition) is 3. The largest absolute Gasteiger partial charge is 0.444 e. The molecule has 0 radical (unpaired) electrons. The van der Waals surface area contributed by atoms with Gasteiger partial charge in [0.1, 0.15) is 17.7 Å². The minimum atomic E-state index is -0.968. The molecule has 1 aliphatic carbocycles. The Labute approximate surface area is 202 Å². The molecule has 1 saturated carbocycles. The number of hydrogen-bond acceptors (Lipinski definition) is 5.